The zero-order valence-electron chi connectivity index (χ0n) is 11.8. The molecule has 1 saturated carbocycles. The van der Waals surface area contributed by atoms with Gasteiger partial charge in [0.2, 0.25) is 0 Å². The third-order valence-corrected chi connectivity index (χ3v) is 4.87. The maximum atomic E-state index is 5.54. The lowest BCUT2D eigenvalue weighted by Crippen LogP contribution is -2.54. The Morgan fingerprint density at radius 3 is 2.39 bits per heavy atom. The first-order valence-corrected chi connectivity index (χ1v) is 7.91. The van der Waals surface area contributed by atoms with Crippen molar-refractivity contribution in [1.82, 2.24) is 15.1 Å². The molecule has 2 fully saturated rings. The number of hydrogen-bond donors (Lipinski definition) is 1. The molecular weight excluding hydrogens is 242 g/mol. The summed E-state index contributed by atoms with van der Waals surface area (Å²) in [6.07, 6.45) is 6.56. The van der Waals surface area contributed by atoms with Crippen LogP contribution in [0.15, 0.2) is 0 Å². The number of nitrogens with zero attached hydrogens (tertiary/aromatic N) is 2. The highest BCUT2D eigenvalue weighted by Crippen LogP contribution is 2.18. The topological polar surface area (TPSA) is 18.5 Å². The molecule has 4 heteroatoms. The summed E-state index contributed by atoms with van der Waals surface area (Å²) in [5.41, 5.74) is 0. The summed E-state index contributed by atoms with van der Waals surface area (Å²) in [6.45, 7) is 9.07. The molecule has 1 aliphatic carbocycles. The van der Waals surface area contributed by atoms with Crippen LogP contribution in [0.4, 0.5) is 0 Å². The van der Waals surface area contributed by atoms with Gasteiger partial charge < -0.3 is 10.2 Å². The zero-order valence-corrected chi connectivity index (χ0v) is 12.6. The Labute approximate surface area is 117 Å². The van der Waals surface area contributed by atoms with E-state index in [2.05, 4.69) is 29.0 Å². The van der Waals surface area contributed by atoms with Crippen molar-refractivity contribution in [2.45, 2.75) is 58.0 Å². The fourth-order valence-electron chi connectivity index (χ4n) is 2.96. The molecule has 104 valence electrons. The van der Waals surface area contributed by atoms with Crippen LogP contribution >= 0.6 is 12.2 Å². The summed E-state index contributed by atoms with van der Waals surface area (Å²) in [4.78, 5) is 4.93. The van der Waals surface area contributed by atoms with E-state index in [0.717, 1.165) is 31.3 Å². The number of piperazine rings is 1. The highest BCUT2D eigenvalue weighted by Gasteiger charge is 2.23. The van der Waals surface area contributed by atoms with Gasteiger partial charge in [0, 0.05) is 38.3 Å². The maximum absolute atomic E-state index is 5.54. The minimum Gasteiger partial charge on any atom is -0.360 e. The van der Waals surface area contributed by atoms with E-state index < -0.39 is 0 Å². The van der Waals surface area contributed by atoms with Crippen LogP contribution in [-0.2, 0) is 0 Å². The number of nitrogens with one attached hydrogen (secondary N) is 1. The van der Waals surface area contributed by atoms with Crippen molar-refractivity contribution in [3.05, 3.63) is 0 Å². The van der Waals surface area contributed by atoms with Crippen LogP contribution in [0, 0.1) is 0 Å². The van der Waals surface area contributed by atoms with E-state index in [0.29, 0.717) is 12.1 Å². The van der Waals surface area contributed by atoms with Crippen molar-refractivity contribution in [3.63, 3.8) is 0 Å². The van der Waals surface area contributed by atoms with Crippen molar-refractivity contribution >= 4 is 17.3 Å². The van der Waals surface area contributed by atoms with Crippen molar-refractivity contribution in [2.24, 2.45) is 0 Å². The van der Waals surface area contributed by atoms with Crippen LogP contribution in [0.1, 0.15) is 46.0 Å². The Kier molecular flexibility index (Phi) is 5.25. The van der Waals surface area contributed by atoms with E-state index in [1.807, 2.05) is 0 Å². The van der Waals surface area contributed by atoms with Crippen LogP contribution in [0.3, 0.4) is 0 Å². The van der Waals surface area contributed by atoms with Gasteiger partial charge in [0.1, 0.15) is 0 Å². The Hall–Kier alpha value is -0.350. The second kappa shape index (κ2) is 6.71. The second-order valence-electron chi connectivity index (χ2n) is 5.71. The molecule has 1 aliphatic heterocycles. The molecule has 18 heavy (non-hydrogen) atoms. The average molecular weight is 269 g/mol. The fourth-order valence-corrected chi connectivity index (χ4v) is 3.31. The average Bonchev–Trinajstić information content (AvgIpc) is 2.91. The molecule has 1 unspecified atom stereocenters. The summed E-state index contributed by atoms with van der Waals surface area (Å²) in [5, 5.41) is 4.54. The molecule has 0 aromatic rings. The van der Waals surface area contributed by atoms with Crippen LogP contribution in [0.25, 0.3) is 0 Å². The number of hydrogen-bond acceptors (Lipinski definition) is 2. The van der Waals surface area contributed by atoms with Gasteiger partial charge >= 0.3 is 0 Å². The van der Waals surface area contributed by atoms with Crippen molar-refractivity contribution < 1.29 is 0 Å². The fraction of sp³-hybridized carbons (Fsp3) is 0.929. The van der Waals surface area contributed by atoms with Gasteiger partial charge in [0.05, 0.1) is 0 Å². The third kappa shape index (κ3) is 3.58. The largest absolute Gasteiger partial charge is 0.360 e. The molecule has 2 aliphatic rings. The molecule has 0 bridgehead atoms. The van der Waals surface area contributed by atoms with Crippen molar-refractivity contribution in [2.75, 3.05) is 26.2 Å². The number of rotatable bonds is 3. The summed E-state index contributed by atoms with van der Waals surface area (Å²) < 4.78 is 0. The number of thiocarbonyl (C=S) groups is 1. The highest BCUT2D eigenvalue weighted by atomic mass is 32.1. The molecule has 1 atom stereocenters. The van der Waals surface area contributed by atoms with Crippen molar-refractivity contribution in [1.29, 1.82) is 0 Å². The Bertz CT molecular complexity index is 268. The van der Waals surface area contributed by atoms with Gasteiger partial charge in [-0.3, -0.25) is 4.90 Å². The van der Waals surface area contributed by atoms with Gasteiger partial charge in [-0.2, -0.15) is 0 Å². The van der Waals surface area contributed by atoms with Crippen LogP contribution < -0.4 is 5.32 Å². The predicted octanol–water partition coefficient (Wildman–Crippen LogP) is 2.22. The molecule has 1 N–H and O–H groups in total. The van der Waals surface area contributed by atoms with E-state index in [1.54, 1.807) is 0 Å². The van der Waals surface area contributed by atoms with E-state index in [-0.39, 0.29) is 0 Å². The summed E-state index contributed by atoms with van der Waals surface area (Å²) in [5.74, 6) is 0. The van der Waals surface area contributed by atoms with E-state index in [4.69, 9.17) is 12.2 Å². The molecule has 1 heterocycles. The molecule has 0 radical (unpaired) electrons. The minimum absolute atomic E-state index is 0.644. The van der Waals surface area contributed by atoms with E-state index in [9.17, 15) is 0 Å². The lowest BCUT2D eigenvalue weighted by molar-refractivity contribution is 0.136. The van der Waals surface area contributed by atoms with Gasteiger partial charge in [0.25, 0.3) is 0 Å². The van der Waals surface area contributed by atoms with E-state index >= 15 is 0 Å². The predicted molar refractivity (Wildman–Crippen MR) is 80.9 cm³/mol. The molecule has 3 nitrogen and oxygen atoms in total. The maximum Gasteiger partial charge on any atom is 0.169 e. The van der Waals surface area contributed by atoms with Crippen LogP contribution in [0.5, 0.6) is 0 Å². The standard InChI is InChI=1S/C14H27N3S/c1-3-12(2)16-8-10-17(11-9-16)14(18)15-13-6-4-5-7-13/h12-13H,3-11H2,1-2H3,(H,15,18). The minimum atomic E-state index is 0.644. The summed E-state index contributed by atoms with van der Waals surface area (Å²) >= 11 is 5.54. The summed E-state index contributed by atoms with van der Waals surface area (Å²) in [7, 11) is 0. The zero-order chi connectivity index (χ0) is 13.0. The molecule has 0 amide bonds. The van der Waals surface area contributed by atoms with Crippen LogP contribution in [-0.4, -0.2) is 53.2 Å². The molecule has 2 rings (SSSR count). The smallest absolute Gasteiger partial charge is 0.169 e. The van der Waals surface area contributed by atoms with Gasteiger partial charge in [-0.05, 0) is 38.4 Å². The Morgan fingerprint density at radius 1 is 1.22 bits per heavy atom. The molecule has 0 spiro atoms. The SMILES string of the molecule is CCC(C)N1CCN(C(=S)NC2CCCC2)CC1. The monoisotopic (exact) mass is 269 g/mol. The Balaban J connectivity index is 1.73. The van der Waals surface area contributed by atoms with E-state index in [1.165, 1.54) is 32.1 Å². The molecule has 0 aromatic carbocycles. The lowest BCUT2D eigenvalue weighted by atomic mass is 10.2. The lowest BCUT2D eigenvalue weighted by Gasteiger charge is -2.39. The molecule has 1 saturated heterocycles. The van der Waals surface area contributed by atoms with Gasteiger partial charge in [-0.15, -0.1) is 0 Å². The molecular formula is C14H27N3S. The normalized spacial score (nSPS) is 24.2. The van der Waals surface area contributed by atoms with Gasteiger partial charge in [-0.1, -0.05) is 19.8 Å². The first-order valence-electron chi connectivity index (χ1n) is 7.50. The Morgan fingerprint density at radius 2 is 1.83 bits per heavy atom. The van der Waals surface area contributed by atoms with Gasteiger partial charge in [-0.25, -0.2) is 0 Å². The molecule has 0 aromatic heterocycles. The van der Waals surface area contributed by atoms with Crippen molar-refractivity contribution in [3.8, 4) is 0 Å². The third-order valence-electron chi connectivity index (χ3n) is 4.50. The highest BCUT2D eigenvalue weighted by molar-refractivity contribution is 7.80. The quantitative estimate of drug-likeness (QED) is 0.792. The van der Waals surface area contributed by atoms with Gasteiger partial charge in [0.15, 0.2) is 5.11 Å². The first kappa shape index (κ1) is 14.1. The summed E-state index contributed by atoms with van der Waals surface area (Å²) in [6, 6.07) is 1.36. The first-order chi connectivity index (χ1) is 8.70. The second-order valence-corrected chi connectivity index (χ2v) is 6.10. The van der Waals surface area contributed by atoms with Crippen LogP contribution in [0.2, 0.25) is 0 Å².